The standard InChI is InChI=1S/C14H12ClF2N/c15-12-7-10(5-6-14(12)17)8-18-9-11-3-1-2-4-13(11)16/h1-7,18H,8-9H2. The van der Waals surface area contributed by atoms with E-state index in [1.54, 1.807) is 30.3 Å². The Balaban J connectivity index is 1.92. The minimum Gasteiger partial charge on any atom is -0.309 e. The molecular formula is C14H12ClF2N. The molecule has 0 saturated heterocycles. The fraction of sp³-hybridized carbons (Fsp3) is 0.143. The number of benzene rings is 2. The Morgan fingerprint density at radius 3 is 2.44 bits per heavy atom. The smallest absolute Gasteiger partial charge is 0.141 e. The van der Waals surface area contributed by atoms with Gasteiger partial charge < -0.3 is 5.32 Å². The first-order valence-electron chi connectivity index (χ1n) is 5.55. The number of hydrogen-bond donors (Lipinski definition) is 1. The largest absolute Gasteiger partial charge is 0.309 e. The van der Waals surface area contributed by atoms with E-state index in [1.165, 1.54) is 12.1 Å². The van der Waals surface area contributed by atoms with Crippen LogP contribution in [0.4, 0.5) is 8.78 Å². The van der Waals surface area contributed by atoms with E-state index in [1.807, 2.05) is 0 Å². The molecule has 0 unspecified atom stereocenters. The van der Waals surface area contributed by atoms with Crippen LogP contribution in [0.3, 0.4) is 0 Å². The van der Waals surface area contributed by atoms with Gasteiger partial charge in [-0.3, -0.25) is 0 Å². The number of hydrogen-bond acceptors (Lipinski definition) is 1. The summed E-state index contributed by atoms with van der Waals surface area (Å²) in [4.78, 5) is 0. The van der Waals surface area contributed by atoms with Crippen LogP contribution in [0.15, 0.2) is 42.5 Å². The van der Waals surface area contributed by atoms with Gasteiger partial charge in [0.25, 0.3) is 0 Å². The van der Waals surface area contributed by atoms with Crippen molar-refractivity contribution in [3.05, 3.63) is 70.2 Å². The summed E-state index contributed by atoms with van der Waals surface area (Å²) in [6, 6.07) is 11.1. The Hall–Kier alpha value is -1.45. The van der Waals surface area contributed by atoms with Crippen LogP contribution in [-0.2, 0) is 13.1 Å². The molecule has 0 aliphatic heterocycles. The Labute approximate surface area is 109 Å². The monoisotopic (exact) mass is 267 g/mol. The van der Waals surface area contributed by atoms with Crippen molar-refractivity contribution in [2.24, 2.45) is 0 Å². The lowest BCUT2D eigenvalue weighted by Gasteiger charge is -2.06. The molecule has 0 atom stereocenters. The van der Waals surface area contributed by atoms with Gasteiger partial charge in [-0.25, -0.2) is 8.78 Å². The first-order chi connectivity index (χ1) is 8.66. The fourth-order valence-corrected chi connectivity index (χ4v) is 1.84. The van der Waals surface area contributed by atoms with Gasteiger partial charge in [0.15, 0.2) is 0 Å². The molecule has 1 N–H and O–H groups in total. The summed E-state index contributed by atoms with van der Waals surface area (Å²) in [5, 5.41) is 3.18. The first-order valence-corrected chi connectivity index (χ1v) is 5.92. The Kier molecular flexibility index (Phi) is 4.28. The van der Waals surface area contributed by atoms with Crippen molar-refractivity contribution in [3.63, 3.8) is 0 Å². The van der Waals surface area contributed by atoms with Gasteiger partial charge in [-0.2, -0.15) is 0 Å². The predicted octanol–water partition coefficient (Wildman–Crippen LogP) is 3.91. The van der Waals surface area contributed by atoms with Crippen LogP contribution in [0.2, 0.25) is 5.02 Å². The van der Waals surface area contributed by atoms with E-state index in [2.05, 4.69) is 5.32 Å². The van der Waals surface area contributed by atoms with Gasteiger partial charge in [0, 0.05) is 18.7 Å². The highest BCUT2D eigenvalue weighted by atomic mass is 35.5. The minimum atomic E-state index is -0.436. The number of halogens is 3. The normalized spacial score (nSPS) is 10.6. The quantitative estimate of drug-likeness (QED) is 0.886. The third-order valence-electron chi connectivity index (χ3n) is 2.59. The van der Waals surface area contributed by atoms with Crippen LogP contribution < -0.4 is 5.32 Å². The van der Waals surface area contributed by atoms with Gasteiger partial charge in [-0.1, -0.05) is 35.9 Å². The highest BCUT2D eigenvalue weighted by molar-refractivity contribution is 6.30. The van der Waals surface area contributed by atoms with Gasteiger partial charge in [0.1, 0.15) is 11.6 Å². The van der Waals surface area contributed by atoms with E-state index in [0.717, 1.165) is 5.56 Å². The molecule has 94 valence electrons. The Morgan fingerprint density at radius 2 is 1.72 bits per heavy atom. The maximum atomic E-state index is 13.3. The summed E-state index contributed by atoms with van der Waals surface area (Å²) < 4.78 is 26.3. The molecule has 0 fully saturated rings. The predicted molar refractivity (Wildman–Crippen MR) is 68.4 cm³/mol. The molecule has 2 aromatic carbocycles. The van der Waals surface area contributed by atoms with Gasteiger partial charge in [-0.05, 0) is 23.8 Å². The van der Waals surface area contributed by atoms with Crippen LogP contribution in [0.5, 0.6) is 0 Å². The maximum Gasteiger partial charge on any atom is 0.141 e. The van der Waals surface area contributed by atoms with Gasteiger partial charge in [0.2, 0.25) is 0 Å². The van der Waals surface area contributed by atoms with Crippen molar-refractivity contribution >= 4 is 11.6 Å². The van der Waals surface area contributed by atoms with E-state index in [9.17, 15) is 8.78 Å². The highest BCUT2D eigenvalue weighted by Gasteiger charge is 2.02. The summed E-state index contributed by atoms with van der Waals surface area (Å²) in [6.45, 7) is 0.927. The summed E-state index contributed by atoms with van der Waals surface area (Å²) in [5.74, 6) is -0.670. The Morgan fingerprint density at radius 1 is 0.944 bits per heavy atom. The molecule has 0 heterocycles. The van der Waals surface area contributed by atoms with Crippen molar-refractivity contribution in [2.75, 3.05) is 0 Å². The maximum absolute atomic E-state index is 13.3. The zero-order chi connectivity index (χ0) is 13.0. The van der Waals surface area contributed by atoms with Gasteiger partial charge >= 0.3 is 0 Å². The van der Waals surface area contributed by atoms with Crippen LogP contribution in [0, 0.1) is 11.6 Å². The molecule has 2 rings (SSSR count). The third-order valence-corrected chi connectivity index (χ3v) is 2.88. The molecule has 1 nitrogen and oxygen atoms in total. The van der Waals surface area contributed by atoms with Gasteiger partial charge in [-0.15, -0.1) is 0 Å². The molecule has 0 aliphatic rings. The van der Waals surface area contributed by atoms with E-state index in [-0.39, 0.29) is 10.8 Å². The lowest BCUT2D eigenvalue weighted by Crippen LogP contribution is -2.13. The molecule has 18 heavy (non-hydrogen) atoms. The second-order valence-electron chi connectivity index (χ2n) is 3.94. The lowest BCUT2D eigenvalue weighted by atomic mass is 10.2. The fourth-order valence-electron chi connectivity index (χ4n) is 1.63. The molecule has 0 spiro atoms. The van der Waals surface area contributed by atoms with Crippen molar-refractivity contribution in [3.8, 4) is 0 Å². The van der Waals surface area contributed by atoms with E-state index in [0.29, 0.717) is 18.7 Å². The second-order valence-corrected chi connectivity index (χ2v) is 4.35. The molecule has 0 amide bonds. The first kappa shape index (κ1) is 13.0. The topological polar surface area (TPSA) is 12.0 Å². The lowest BCUT2D eigenvalue weighted by molar-refractivity contribution is 0.587. The van der Waals surface area contributed by atoms with Crippen LogP contribution in [-0.4, -0.2) is 0 Å². The second kappa shape index (κ2) is 5.94. The molecule has 0 aromatic heterocycles. The number of nitrogens with one attached hydrogen (secondary N) is 1. The highest BCUT2D eigenvalue weighted by Crippen LogP contribution is 2.16. The zero-order valence-electron chi connectivity index (χ0n) is 9.59. The molecular weight excluding hydrogens is 256 g/mol. The molecule has 4 heteroatoms. The third kappa shape index (κ3) is 3.28. The molecule has 0 aliphatic carbocycles. The summed E-state index contributed by atoms with van der Waals surface area (Å²) in [5.41, 5.74) is 1.46. The van der Waals surface area contributed by atoms with E-state index >= 15 is 0 Å². The average molecular weight is 268 g/mol. The van der Waals surface area contributed by atoms with Crippen molar-refractivity contribution < 1.29 is 8.78 Å². The summed E-state index contributed by atoms with van der Waals surface area (Å²) in [7, 11) is 0. The van der Waals surface area contributed by atoms with Crippen molar-refractivity contribution in [2.45, 2.75) is 13.1 Å². The minimum absolute atomic E-state index is 0.0974. The van der Waals surface area contributed by atoms with Gasteiger partial charge in [0.05, 0.1) is 5.02 Å². The molecule has 0 bridgehead atoms. The molecule has 2 aromatic rings. The molecule has 0 radical (unpaired) electrons. The Bertz CT molecular complexity index is 543. The van der Waals surface area contributed by atoms with Crippen LogP contribution >= 0.6 is 11.6 Å². The van der Waals surface area contributed by atoms with E-state index in [4.69, 9.17) is 11.6 Å². The van der Waals surface area contributed by atoms with Crippen LogP contribution in [0.1, 0.15) is 11.1 Å². The van der Waals surface area contributed by atoms with Crippen molar-refractivity contribution in [1.29, 1.82) is 0 Å². The average Bonchev–Trinajstić information content (AvgIpc) is 2.36. The van der Waals surface area contributed by atoms with E-state index < -0.39 is 5.82 Å². The number of rotatable bonds is 4. The molecule has 0 saturated carbocycles. The van der Waals surface area contributed by atoms with Crippen LogP contribution in [0.25, 0.3) is 0 Å². The SMILES string of the molecule is Fc1ccc(CNCc2ccccc2F)cc1Cl. The summed E-state index contributed by atoms with van der Waals surface area (Å²) >= 11 is 5.67. The zero-order valence-corrected chi connectivity index (χ0v) is 10.3. The van der Waals surface area contributed by atoms with Crippen molar-refractivity contribution in [1.82, 2.24) is 5.32 Å². The summed E-state index contributed by atoms with van der Waals surface area (Å²) in [6.07, 6.45) is 0.